The number of ketones is 2. The number of alkyl halides is 10. The van der Waals surface area contributed by atoms with Crippen LogP contribution in [0.15, 0.2) is 131 Å². The van der Waals surface area contributed by atoms with Gasteiger partial charge in [-0.05, 0) is 119 Å². The lowest BCUT2D eigenvalue weighted by Gasteiger charge is -2.10. The highest BCUT2D eigenvalue weighted by atomic mass is 35.5. The van der Waals surface area contributed by atoms with Gasteiger partial charge in [-0.15, -0.1) is 46.4 Å². The van der Waals surface area contributed by atoms with Gasteiger partial charge in [0.15, 0.2) is 27.2 Å². The SMILES string of the molecule is O=C(Cc1ccc(S(=O)(=O)CC(F)(F)F)cc1)c1cc(NC(=O)C2C(c3cc(Cl)cc(Cl)c3)C2(Cl)Cl)ccc1Cl.O=C(Cc1ccc(S(=O)CC(F)(F)F)cc1)c1cc(NC(=O)C2C(c3cc(Cl)cc(Cl)c3)C2(Cl)Cl)ccc1Cl. The molecule has 8 rings (SSSR count). The Morgan fingerprint density at radius 3 is 1.24 bits per heavy atom. The van der Waals surface area contributed by atoms with Crippen molar-refractivity contribution in [1.82, 2.24) is 0 Å². The van der Waals surface area contributed by atoms with E-state index < -0.39 is 105 Å². The number of Topliss-reactive ketones (excluding diaryl/α,β-unsaturated/α-hetero) is 2. The van der Waals surface area contributed by atoms with Gasteiger partial charge in [0.1, 0.15) is 14.4 Å². The van der Waals surface area contributed by atoms with Crippen molar-refractivity contribution in [1.29, 1.82) is 0 Å². The lowest BCUT2D eigenvalue weighted by Crippen LogP contribution is -2.22. The molecule has 0 spiro atoms. The third kappa shape index (κ3) is 16.0. The third-order valence-corrected chi connectivity index (χ3v) is 18.6. The summed E-state index contributed by atoms with van der Waals surface area (Å²) in [5.74, 6) is -8.11. The van der Waals surface area contributed by atoms with Crippen LogP contribution in [-0.2, 0) is 43.1 Å². The van der Waals surface area contributed by atoms with E-state index in [1.165, 1.54) is 78.9 Å². The van der Waals surface area contributed by atoms with Gasteiger partial charge in [-0.3, -0.25) is 23.4 Å². The van der Waals surface area contributed by atoms with Gasteiger partial charge in [0.05, 0.1) is 37.6 Å². The van der Waals surface area contributed by atoms with Crippen molar-refractivity contribution in [2.24, 2.45) is 11.8 Å². The summed E-state index contributed by atoms with van der Waals surface area (Å²) in [6.45, 7) is 0. The monoisotopic (exact) mass is 1330 g/mol. The molecule has 0 aliphatic heterocycles. The van der Waals surface area contributed by atoms with Crippen LogP contribution in [0.1, 0.15) is 54.8 Å². The van der Waals surface area contributed by atoms with E-state index in [0.29, 0.717) is 42.3 Å². The van der Waals surface area contributed by atoms with E-state index in [1.54, 1.807) is 30.3 Å². The summed E-state index contributed by atoms with van der Waals surface area (Å²) in [7, 11) is -6.83. The molecule has 27 heteroatoms. The highest BCUT2D eigenvalue weighted by molar-refractivity contribution is 7.91. The molecule has 9 nitrogen and oxygen atoms in total. The van der Waals surface area contributed by atoms with Crippen LogP contribution in [0.5, 0.6) is 0 Å². The van der Waals surface area contributed by atoms with Crippen molar-refractivity contribution < 1.29 is 58.1 Å². The minimum Gasteiger partial charge on any atom is -0.326 e. The molecule has 0 radical (unpaired) electrons. The average molecular weight is 1330 g/mol. The molecule has 2 fully saturated rings. The predicted octanol–water partition coefficient (Wildman–Crippen LogP) is 16.2. The summed E-state index contributed by atoms with van der Waals surface area (Å²) in [5, 5.41) is 7.07. The van der Waals surface area contributed by atoms with Crippen molar-refractivity contribution in [2.45, 2.75) is 55.5 Å². The molecule has 2 amide bonds. The van der Waals surface area contributed by atoms with Crippen LogP contribution in [0, 0.1) is 11.8 Å². The number of benzene rings is 6. The van der Waals surface area contributed by atoms with Crippen LogP contribution >= 0.6 is 116 Å². The summed E-state index contributed by atoms with van der Waals surface area (Å²) in [5.41, 5.74) is 2.73. The van der Waals surface area contributed by atoms with Crippen molar-refractivity contribution in [3.63, 3.8) is 0 Å². The summed E-state index contributed by atoms with van der Waals surface area (Å²) in [6.07, 6.45) is -9.81. The Kier molecular flexibility index (Phi) is 19.5. The number of sulfone groups is 1. The summed E-state index contributed by atoms with van der Waals surface area (Å²) < 4.78 is 108. The standard InChI is InChI=1S/C26H17Cl5F3NO4S.C26H17Cl5F3NO3S/c27-15-8-14(9-16(28)10-15)22-23(26(22,30)31)24(37)35-17-3-6-20(29)19(11-17)21(36)7-13-1-4-18(5-2-13)40(38,39)12-25(32,33)34;27-15-8-14(9-16(28)10-15)22-23(26(22,30)31)24(37)35-17-3-6-20(29)19(11-17)21(36)7-13-1-4-18(5-2-13)39(38)12-25(32,33)34/h1-6,8-11,22-23H,7,12H2,(H,35,37);1-6,8-11,22-23H,7,12H2,(H,35,37). The largest absolute Gasteiger partial charge is 0.403 e. The Hall–Kier alpha value is -3.82. The van der Waals surface area contributed by atoms with Crippen molar-refractivity contribution >= 4 is 171 Å². The van der Waals surface area contributed by atoms with E-state index in [-0.39, 0.29) is 50.3 Å². The van der Waals surface area contributed by atoms with E-state index in [4.69, 9.17) is 116 Å². The lowest BCUT2D eigenvalue weighted by atomic mass is 10.0. The first-order valence-corrected chi connectivity index (χ1v) is 29.3. The maximum Gasteiger partial charge on any atom is 0.403 e. The van der Waals surface area contributed by atoms with E-state index in [0.717, 1.165) is 12.1 Å². The zero-order valence-electron chi connectivity index (χ0n) is 39.4. The van der Waals surface area contributed by atoms with E-state index in [9.17, 15) is 58.1 Å². The van der Waals surface area contributed by atoms with Crippen LogP contribution in [0.2, 0.25) is 30.1 Å². The van der Waals surface area contributed by atoms with Gasteiger partial charge in [0, 0.05) is 72.2 Å². The van der Waals surface area contributed by atoms with Crippen LogP contribution in [-0.4, -0.2) is 68.5 Å². The van der Waals surface area contributed by atoms with Crippen LogP contribution in [0.25, 0.3) is 0 Å². The van der Waals surface area contributed by atoms with Gasteiger partial charge in [-0.2, -0.15) is 26.3 Å². The van der Waals surface area contributed by atoms with Crippen LogP contribution in [0.3, 0.4) is 0 Å². The number of anilines is 2. The number of rotatable bonds is 16. The number of nitrogens with one attached hydrogen (secondary N) is 2. The second kappa shape index (κ2) is 24.6. The van der Waals surface area contributed by atoms with Gasteiger partial charge in [0.2, 0.25) is 11.8 Å². The molecular formula is C52H34Cl10F6N2O7S2. The molecule has 0 saturated heterocycles. The Balaban J connectivity index is 0.000000229. The second-order valence-corrected chi connectivity index (χ2v) is 26.9. The van der Waals surface area contributed by atoms with E-state index >= 15 is 0 Å². The highest BCUT2D eigenvalue weighted by Gasteiger charge is 2.68. The normalized spacial score (nSPS) is 18.6. The van der Waals surface area contributed by atoms with Gasteiger partial charge >= 0.3 is 12.4 Å². The Morgan fingerprint density at radius 2 is 0.886 bits per heavy atom. The smallest absolute Gasteiger partial charge is 0.326 e. The number of carbonyl (C=O) groups is 4. The summed E-state index contributed by atoms with van der Waals surface area (Å²) >= 11 is 62.3. The van der Waals surface area contributed by atoms with E-state index in [2.05, 4.69) is 10.6 Å². The summed E-state index contributed by atoms with van der Waals surface area (Å²) in [4.78, 5) is 51.4. The van der Waals surface area contributed by atoms with Crippen molar-refractivity contribution in [3.05, 3.63) is 185 Å². The first kappa shape index (κ1) is 62.8. The maximum absolute atomic E-state index is 13.0. The van der Waals surface area contributed by atoms with Gasteiger partial charge in [-0.1, -0.05) is 93.9 Å². The van der Waals surface area contributed by atoms with Crippen LogP contribution in [0.4, 0.5) is 37.7 Å². The topological polar surface area (TPSA) is 144 Å². The molecule has 6 aromatic carbocycles. The fourth-order valence-electron chi connectivity index (χ4n) is 8.38. The minimum atomic E-state index is -4.89. The number of amides is 2. The van der Waals surface area contributed by atoms with Crippen molar-refractivity contribution in [3.8, 4) is 0 Å². The molecule has 2 saturated carbocycles. The molecule has 5 atom stereocenters. The molecule has 418 valence electrons. The summed E-state index contributed by atoms with van der Waals surface area (Å²) in [6, 6.07) is 28.1. The molecular weight excluding hydrogens is 1300 g/mol. The lowest BCUT2D eigenvalue weighted by molar-refractivity contribution is -0.118. The fourth-order valence-corrected chi connectivity index (χ4v) is 13.6. The molecule has 2 N–H and O–H groups in total. The zero-order valence-corrected chi connectivity index (χ0v) is 48.6. The number of hydrogen-bond donors (Lipinski definition) is 2. The molecule has 79 heavy (non-hydrogen) atoms. The van der Waals surface area contributed by atoms with Gasteiger partial charge in [-0.25, -0.2) is 8.42 Å². The predicted molar refractivity (Wildman–Crippen MR) is 299 cm³/mol. The van der Waals surface area contributed by atoms with Gasteiger partial charge in [0.25, 0.3) is 0 Å². The quantitative estimate of drug-likeness (QED) is 0.0558. The second-order valence-electron chi connectivity index (χ2n) is 18.0. The van der Waals surface area contributed by atoms with Crippen LogP contribution < -0.4 is 10.6 Å². The molecule has 5 unspecified atom stereocenters. The minimum absolute atomic E-state index is 0.000601. The number of carbonyl (C=O) groups excluding carboxylic acids is 4. The Labute approximate surface area is 499 Å². The number of halogens is 16. The average Bonchev–Trinajstić information content (AvgIpc) is 3.59. The van der Waals surface area contributed by atoms with Gasteiger partial charge < -0.3 is 10.6 Å². The molecule has 2 aliphatic rings. The third-order valence-electron chi connectivity index (χ3n) is 12.1. The molecule has 0 bridgehead atoms. The molecule has 2 aliphatic carbocycles. The highest BCUT2D eigenvalue weighted by Crippen LogP contribution is 2.66. The zero-order chi connectivity index (χ0) is 58.3. The Bertz CT molecular complexity index is 3480. The fraction of sp³-hybridized carbons (Fsp3) is 0.231. The first-order chi connectivity index (χ1) is 36.6. The molecule has 0 aromatic heterocycles. The maximum atomic E-state index is 13.0. The number of hydrogen-bond acceptors (Lipinski definition) is 7. The molecule has 0 heterocycles. The van der Waals surface area contributed by atoms with Crippen molar-refractivity contribution in [2.75, 3.05) is 22.1 Å². The Morgan fingerprint density at radius 1 is 0.519 bits per heavy atom. The molecule has 6 aromatic rings. The van der Waals surface area contributed by atoms with E-state index in [1.807, 2.05) is 0 Å². The first-order valence-electron chi connectivity index (χ1n) is 22.5.